The molecule has 0 unspecified atom stereocenters. The van der Waals surface area contributed by atoms with E-state index in [0.717, 1.165) is 4.57 Å². The third kappa shape index (κ3) is 2.87. The van der Waals surface area contributed by atoms with Crippen molar-refractivity contribution in [2.24, 2.45) is 0 Å². The first-order valence-corrected chi connectivity index (χ1v) is 6.62. The van der Waals surface area contributed by atoms with E-state index in [2.05, 4.69) is 4.98 Å². The molecular weight excluding hydrogens is 311 g/mol. The van der Waals surface area contributed by atoms with Crippen molar-refractivity contribution in [1.29, 1.82) is 0 Å². The van der Waals surface area contributed by atoms with Gasteiger partial charge in [0, 0.05) is 18.7 Å². The number of alkyl halides is 3. The highest BCUT2D eigenvalue weighted by atomic mass is 19.4. The number of hydrogen-bond donors (Lipinski definition) is 0. The van der Waals surface area contributed by atoms with Crippen LogP contribution in [-0.4, -0.2) is 14.5 Å². The first-order valence-electron chi connectivity index (χ1n) is 6.62. The average Bonchev–Trinajstić information content (AvgIpc) is 2.87. The van der Waals surface area contributed by atoms with Crippen molar-refractivity contribution in [3.63, 3.8) is 0 Å². The number of nitro benzene ring substituents is 1. The van der Waals surface area contributed by atoms with Crippen molar-refractivity contribution in [3.8, 4) is 0 Å². The molecule has 3 rings (SSSR count). The van der Waals surface area contributed by atoms with Gasteiger partial charge in [0.1, 0.15) is 0 Å². The summed E-state index contributed by atoms with van der Waals surface area (Å²) in [6, 6.07) is 11.7. The molecule has 0 fully saturated rings. The molecule has 23 heavy (non-hydrogen) atoms. The number of non-ortho nitro benzene ring substituents is 1. The van der Waals surface area contributed by atoms with Crippen molar-refractivity contribution in [1.82, 2.24) is 9.55 Å². The Hall–Kier alpha value is -2.90. The third-order valence-corrected chi connectivity index (χ3v) is 3.40. The first kappa shape index (κ1) is 15.0. The molecule has 118 valence electrons. The van der Waals surface area contributed by atoms with E-state index in [1.54, 1.807) is 18.2 Å². The predicted octanol–water partition coefficient (Wildman–Crippen LogP) is 4.01. The molecule has 0 spiro atoms. The molecule has 8 heteroatoms. The molecule has 0 atom stereocenters. The number of para-hydroxylation sites is 2. The van der Waals surface area contributed by atoms with Crippen LogP contribution in [0.2, 0.25) is 0 Å². The van der Waals surface area contributed by atoms with Crippen molar-refractivity contribution in [2.45, 2.75) is 12.7 Å². The third-order valence-electron chi connectivity index (χ3n) is 3.40. The second-order valence-corrected chi connectivity index (χ2v) is 4.93. The van der Waals surface area contributed by atoms with Crippen molar-refractivity contribution < 1.29 is 18.1 Å². The van der Waals surface area contributed by atoms with Crippen LogP contribution >= 0.6 is 0 Å². The molecule has 1 heterocycles. The van der Waals surface area contributed by atoms with Crippen molar-refractivity contribution in [3.05, 3.63) is 70.0 Å². The maximum absolute atomic E-state index is 13.2. The molecule has 0 amide bonds. The summed E-state index contributed by atoms with van der Waals surface area (Å²) in [5.41, 5.74) is 1.02. The Bertz CT molecular complexity index is 870. The van der Waals surface area contributed by atoms with Crippen LogP contribution in [0, 0.1) is 10.1 Å². The topological polar surface area (TPSA) is 61.0 Å². The summed E-state index contributed by atoms with van der Waals surface area (Å²) in [6.45, 7) is -0.0760. The number of benzene rings is 2. The summed E-state index contributed by atoms with van der Waals surface area (Å²) in [5.74, 6) is -0.989. The van der Waals surface area contributed by atoms with Gasteiger partial charge >= 0.3 is 6.18 Å². The van der Waals surface area contributed by atoms with Gasteiger partial charge in [-0.05, 0) is 17.7 Å². The van der Waals surface area contributed by atoms with Gasteiger partial charge in [-0.15, -0.1) is 0 Å². The van der Waals surface area contributed by atoms with Crippen LogP contribution in [0.3, 0.4) is 0 Å². The largest absolute Gasteiger partial charge is 0.449 e. The van der Waals surface area contributed by atoms with Crippen molar-refractivity contribution >= 4 is 16.7 Å². The lowest BCUT2D eigenvalue weighted by Crippen LogP contribution is -2.15. The van der Waals surface area contributed by atoms with Crippen molar-refractivity contribution in [2.75, 3.05) is 0 Å². The molecule has 0 aliphatic heterocycles. The number of rotatable bonds is 3. The molecule has 2 aromatic carbocycles. The number of imidazole rings is 1. The second-order valence-electron chi connectivity index (χ2n) is 4.93. The lowest BCUT2D eigenvalue weighted by Gasteiger charge is -2.11. The Labute approximate surface area is 128 Å². The van der Waals surface area contributed by atoms with Gasteiger partial charge in [0.25, 0.3) is 5.69 Å². The van der Waals surface area contributed by atoms with E-state index < -0.39 is 16.9 Å². The molecule has 0 N–H and O–H groups in total. The maximum Gasteiger partial charge on any atom is 0.449 e. The number of nitrogens with zero attached hydrogens (tertiary/aromatic N) is 3. The minimum absolute atomic E-state index is 0.0760. The summed E-state index contributed by atoms with van der Waals surface area (Å²) in [7, 11) is 0. The van der Waals surface area contributed by atoms with Gasteiger partial charge in [0.05, 0.1) is 16.0 Å². The molecule has 0 saturated heterocycles. The van der Waals surface area contributed by atoms with Crippen LogP contribution in [0.1, 0.15) is 11.4 Å². The number of aromatic nitrogens is 2. The van der Waals surface area contributed by atoms with E-state index in [0.29, 0.717) is 11.1 Å². The summed E-state index contributed by atoms with van der Waals surface area (Å²) >= 11 is 0. The zero-order chi connectivity index (χ0) is 16.6. The Morgan fingerprint density at radius 2 is 1.74 bits per heavy atom. The van der Waals surface area contributed by atoms with Gasteiger partial charge in [-0.3, -0.25) is 10.1 Å². The van der Waals surface area contributed by atoms with Crippen LogP contribution in [-0.2, 0) is 12.7 Å². The fourth-order valence-electron chi connectivity index (χ4n) is 2.36. The maximum atomic E-state index is 13.2. The quantitative estimate of drug-likeness (QED) is 0.541. The number of halogens is 3. The number of nitro groups is 1. The van der Waals surface area contributed by atoms with E-state index in [1.807, 2.05) is 0 Å². The predicted molar refractivity (Wildman–Crippen MR) is 76.9 cm³/mol. The molecule has 0 saturated carbocycles. The SMILES string of the molecule is O=[N+]([O-])c1ccc(Cn2c(C(F)(F)F)nc3ccccc32)cc1. The minimum atomic E-state index is -4.58. The zero-order valence-electron chi connectivity index (χ0n) is 11.6. The summed E-state index contributed by atoms with van der Waals surface area (Å²) in [5, 5.41) is 10.6. The molecule has 0 aliphatic rings. The number of fused-ring (bicyclic) bond motifs is 1. The van der Waals surface area contributed by atoms with Gasteiger partial charge in [0.15, 0.2) is 0 Å². The van der Waals surface area contributed by atoms with Crippen LogP contribution < -0.4 is 0 Å². The average molecular weight is 321 g/mol. The molecule has 5 nitrogen and oxygen atoms in total. The van der Waals surface area contributed by atoms with Crippen LogP contribution in [0.15, 0.2) is 48.5 Å². The lowest BCUT2D eigenvalue weighted by molar-refractivity contribution is -0.384. The molecule has 0 aliphatic carbocycles. The summed E-state index contributed by atoms with van der Waals surface area (Å²) < 4.78 is 40.6. The highest BCUT2D eigenvalue weighted by Gasteiger charge is 2.37. The van der Waals surface area contributed by atoms with E-state index in [1.165, 1.54) is 30.3 Å². The monoisotopic (exact) mass is 321 g/mol. The van der Waals surface area contributed by atoms with E-state index in [-0.39, 0.29) is 17.7 Å². The Balaban J connectivity index is 2.06. The Kier molecular flexibility index (Phi) is 3.51. The van der Waals surface area contributed by atoms with Gasteiger partial charge in [-0.1, -0.05) is 24.3 Å². The van der Waals surface area contributed by atoms with E-state index in [4.69, 9.17) is 0 Å². The van der Waals surface area contributed by atoms with Gasteiger partial charge in [-0.25, -0.2) is 4.98 Å². The molecule has 0 bridgehead atoms. The van der Waals surface area contributed by atoms with Gasteiger partial charge in [0.2, 0.25) is 5.82 Å². The highest BCUT2D eigenvalue weighted by molar-refractivity contribution is 5.76. The van der Waals surface area contributed by atoms with Gasteiger partial charge in [-0.2, -0.15) is 13.2 Å². The van der Waals surface area contributed by atoms with E-state index >= 15 is 0 Å². The Morgan fingerprint density at radius 3 is 2.35 bits per heavy atom. The highest BCUT2D eigenvalue weighted by Crippen LogP contribution is 2.32. The van der Waals surface area contributed by atoms with Gasteiger partial charge < -0.3 is 4.57 Å². The first-order chi connectivity index (χ1) is 10.9. The lowest BCUT2D eigenvalue weighted by atomic mass is 10.2. The summed E-state index contributed by atoms with van der Waals surface area (Å²) in [6.07, 6.45) is -4.58. The fraction of sp³-hybridized carbons (Fsp3) is 0.133. The fourth-order valence-corrected chi connectivity index (χ4v) is 2.36. The zero-order valence-corrected chi connectivity index (χ0v) is 11.6. The molecule has 3 aromatic rings. The van der Waals surface area contributed by atoms with E-state index in [9.17, 15) is 23.3 Å². The summed E-state index contributed by atoms with van der Waals surface area (Å²) in [4.78, 5) is 13.7. The normalized spacial score (nSPS) is 11.8. The molecular formula is C15H10F3N3O2. The van der Waals surface area contributed by atoms with Crippen LogP contribution in [0.25, 0.3) is 11.0 Å². The molecule has 0 radical (unpaired) electrons. The standard InChI is InChI=1S/C15H10F3N3O2/c16-15(17,18)14-19-12-3-1-2-4-13(12)20(14)9-10-5-7-11(8-6-10)21(22)23/h1-8H,9H2. The Morgan fingerprint density at radius 1 is 1.09 bits per heavy atom. The second kappa shape index (κ2) is 5.38. The van der Waals surface area contributed by atoms with Crippen LogP contribution in [0.5, 0.6) is 0 Å². The minimum Gasteiger partial charge on any atom is -0.316 e. The number of hydrogen-bond acceptors (Lipinski definition) is 3. The smallest absolute Gasteiger partial charge is 0.316 e. The molecule has 1 aromatic heterocycles. The van der Waals surface area contributed by atoms with Crippen LogP contribution in [0.4, 0.5) is 18.9 Å².